The summed E-state index contributed by atoms with van der Waals surface area (Å²) in [5.74, 6) is -0.165. The Morgan fingerprint density at radius 1 is 0.769 bits per heavy atom. The maximum absolute atomic E-state index is 11.6. The SMILES string of the molecule is CCCCCCCC/C=C\CCCCCCCC(=O)OCC(OC)OC. The monoisotopic (exact) mass is 370 g/mol. The van der Waals surface area contributed by atoms with E-state index >= 15 is 0 Å². The second-order valence-electron chi connectivity index (χ2n) is 6.92. The predicted octanol–water partition coefficient (Wildman–Crippen LogP) is 6.19. The Labute approximate surface area is 161 Å². The summed E-state index contributed by atoms with van der Waals surface area (Å²) in [5.41, 5.74) is 0. The lowest BCUT2D eigenvalue weighted by molar-refractivity contribution is -0.166. The topological polar surface area (TPSA) is 44.8 Å². The molecular weight excluding hydrogens is 328 g/mol. The highest BCUT2D eigenvalue weighted by molar-refractivity contribution is 5.69. The van der Waals surface area contributed by atoms with Gasteiger partial charge in [-0.05, 0) is 32.1 Å². The van der Waals surface area contributed by atoms with Crippen molar-refractivity contribution in [2.45, 2.75) is 103 Å². The van der Waals surface area contributed by atoms with Gasteiger partial charge in [-0.1, -0.05) is 70.4 Å². The minimum Gasteiger partial charge on any atom is -0.460 e. The fourth-order valence-corrected chi connectivity index (χ4v) is 2.81. The van der Waals surface area contributed by atoms with Crippen LogP contribution >= 0.6 is 0 Å². The lowest BCUT2D eigenvalue weighted by Crippen LogP contribution is -2.22. The first-order valence-electron chi connectivity index (χ1n) is 10.6. The molecule has 0 saturated heterocycles. The Balaban J connectivity index is 3.28. The van der Waals surface area contributed by atoms with E-state index in [1.54, 1.807) is 0 Å². The van der Waals surface area contributed by atoms with Gasteiger partial charge in [0.2, 0.25) is 0 Å². The van der Waals surface area contributed by atoms with Crippen molar-refractivity contribution in [3.05, 3.63) is 12.2 Å². The lowest BCUT2D eigenvalue weighted by Gasteiger charge is -2.13. The minimum atomic E-state index is -0.465. The molecule has 0 bridgehead atoms. The molecule has 0 N–H and O–H groups in total. The maximum Gasteiger partial charge on any atom is 0.305 e. The van der Waals surface area contributed by atoms with Gasteiger partial charge in [0.1, 0.15) is 6.61 Å². The first-order chi connectivity index (χ1) is 12.7. The molecule has 0 saturated carbocycles. The Hall–Kier alpha value is -0.870. The summed E-state index contributed by atoms with van der Waals surface area (Å²) in [5, 5.41) is 0. The third-order valence-corrected chi connectivity index (χ3v) is 4.55. The van der Waals surface area contributed by atoms with E-state index in [9.17, 15) is 4.79 Å². The molecule has 0 aliphatic carbocycles. The van der Waals surface area contributed by atoms with Crippen molar-refractivity contribution in [2.24, 2.45) is 0 Å². The van der Waals surface area contributed by atoms with Crippen molar-refractivity contribution in [3.63, 3.8) is 0 Å². The predicted molar refractivity (Wildman–Crippen MR) is 108 cm³/mol. The zero-order valence-electron chi connectivity index (χ0n) is 17.5. The van der Waals surface area contributed by atoms with E-state index < -0.39 is 6.29 Å². The number of carbonyl (C=O) groups excluding carboxylic acids is 1. The van der Waals surface area contributed by atoms with Crippen molar-refractivity contribution >= 4 is 5.97 Å². The van der Waals surface area contributed by atoms with Gasteiger partial charge in [0.05, 0.1) is 0 Å². The number of hydrogen-bond donors (Lipinski definition) is 0. The van der Waals surface area contributed by atoms with Crippen LogP contribution in [0.3, 0.4) is 0 Å². The van der Waals surface area contributed by atoms with Crippen LogP contribution in [0.2, 0.25) is 0 Å². The molecule has 0 aromatic carbocycles. The molecule has 0 rings (SSSR count). The fourth-order valence-electron chi connectivity index (χ4n) is 2.81. The lowest BCUT2D eigenvalue weighted by atomic mass is 10.1. The molecule has 0 amide bonds. The fraction of sp³-hybridized carbons (Fsp3) is 0.864. The Kier molecular flexibility index (Phi) is 19.8. The van der Waals surface area contributed by atoms with Gasteiger partial charge in [0, 0.05) is 20.6 Å². The number of allylic oxidation sites excluding steroid dienone is 2. The summed E-state index contributed by atoms with van der Waals surface area (Å²) in [6.45, 7) is 2.43. The van der Waals surface area contributed by atoms with Crippen LogP contribution in [0.4, 0.5) is 0 Å². The van der Waals surface area contributed by atoms with E-state index in [0.29, 0.717) is 6.42 Å². The number of rotatable bonds is 19. The zero-order valence-corrected chi connectivity index (χ0v) is 17.5. The van der Waals surface area contributed by atoms with E-state index in [2.05, 4.69) is 19.1 Å². The van der Waals surface area contributed by atoms with Crippen LogP contribution in [0, 0.1) is 0 Å². The summed E-state index contributed by atoms with van der Waals surface area (Å²) in [7, 11) is 3.07. The number of methoxy groups -OCH3 is 2. The normalized spacial score (nSPS) is 11.5. The van der Waals surface area contributed by atoms with Gasteiger partial charge in [-0.2, -0.15) is 0 Å². The molecule has 0 aliphatic rings. The van der Waals surface area contributed by atoms with Crippen molar-refractivity contribution in [3.8, 4) is 0 Å². The largest absolute Gasteiger partial charge is 0.460 e. The minimum absolute atomic E-state index is 0.164. The Morgan fingerprint density at radius 2 is 1.27 bits per heavy atom. The molecular formula is C22H42O4. The number of ether oxygens (including phenoxy) is 3. The molecule has 0 aliphatic heterocycles. The molecule has 0 fully saturated rings. The van der Waals surface area contributed by atoms with Gasteiger partial charge in [-0.15, -0.1) is 0 Å². The number of unbranched alkanes of at least 4 members (excludes halogenated alkanes) is 11. The molecule has 26 heavy (non-hydrogen) atoms. The number of esters is 1. The molecule has 154 valence electrons. The Morgan fingerprint density at radius 3 is 1.81 bits per heavy atom. The standard InChI is InChI=1S/C22H42O4/c1-4-5-6-7-8-9-10-11-12-13-14-15-16-17-18-19-21(23)26-20-22(24-2)25-3/h11-12,22H,4-10,13-20H2,1-3H3/b12-11-. The van der Waals surface area contributed by atoms with Crippen molar-refractivity contribution < 1.29 is 19.0 Å². The van der Waals surface area contributed by atoms with Gasteiger partial charge in [-0.25, -0.2) is 0 Å². The number of hydrogen-bond acceptors (Lipinski definition) is 4. The van der Waals surface area contributed by atoms with E-state index in [1.807, 2.05) is 0 Å². The van der Waals surface area contributed by atoms with Crippen LogP contribution in [0.25, 0.3) is 0 Å². The van der Waals surface area contributed by atoms with Crippen LogP contribution in [0.5, 0.6) is 0 Å². The Bertz CT molecular complexity index is 324. The molecule has 0 aromatic heterocycles. The summed E-state index contributed by atoms with van der Waals surface area (Å²) >= 11 is 0. The van der Waals surface area contributed by atoms with Crippen molar-refractivity contribution in [2.75, 3.05) is 20.8 Å². The zero-order chi connectivity index (χ0) is 19.3. The first-order valence-corrected chi connectivity index (χ1v) is 10.6. The highest BCUT2D eigenvalue weighted by atomic mass is 16.7. The third-order valence-electron chi connectivity index (χ3n) is 4.55. The molecule has 4 heteroatoms. The van der Waals surface area contributed by atoms with Crippen molar-refractivity contribution in [1.29, 1.82) is 0 Å². The smallest absolute Gasteiger partial charge is 0.305 e. The summed E-state index contributed by atoms with van der Waals surface area (Å²) in [4.78, 5) is 11.6. The summed E-state index contributed by atoms with van der Waals surface area (Å²) in [6.07, 6.45) is 21.0. The highest BCUT2D eigenvalue weighted by Crippen LogP contribution is 2.10. The molecule has 0 unspecified atom stereocenters. The van der Waals surface area contributed by atoms with Gasteiger partial charge >= 0.3 is 5.97 Å². The average molecular weight is 371 g/mol. The van der Waals surface area contributed by atoms with Crippen molar-refractivity contribution in [1.82, 2.24) is 0 Å². The highest BCUT2D eigenvalue weighted by Gasteiger charge is 2.09. The van der Waals surface area contributed by atoms with Gasteiger partial charge in [0.15, 0.2) is 6.29 Å². The molecule has 0 spiro atoms. The van der Waals surface area contributed by atoms with Crippen LogP contribution in [-0.4, -0.2) is 33.1 Å². The molecule has 0 heterocycles. The molecule has 0 atom stereocenters. The van der Waals surface area contributed by atoms with Gasteiger partial charge in [0.25, 0.3) is 0 Å². The second kappa shape index (κ2) is 20.4. The van der Waals surface area contributed by atoms with Crippen LogP contribution < -0.4 is 0 Å². The van der Waals surface area contributed by atoms with E-state index in [1.165, 1.54) is 84.8 Å². The number of carbonyl (C=O) groups is 1. The van der Waals surface area contributed by atoms with E-state index in [4.69, 9.17) is 14.2 Å². The van der Waals surface area contributed by atoms with Crippen LogP contribution in [0.15, 0.2) is 12.2 Å². The molecule has 4 nitrogen and oxygen atoms in total. The van der Waals surface area contributed by atoms with Gasteiger partial charge in [-0.3, -0.25) is 4.79 Å². The second-order valence-corrected chi connectivity index (χ2v) is 6.92. The molecule has 0 radical (unpaired) electrons. The maximum atomic E-state index is 11.6. The summed E-state index contributed by atoms with van der Waals surface area (Å²) < 4.78 is 15.1. The van der Waals surface area contributed by atoms with Crippen LogP contribution in [0.1, 0.15) is 96.8 Å². The van der Waals surface area contributed by atoms with Crippen LogP contribution in [-0.2, 0) is 19.0 Å². The van der Waals surface area contributed by atoms with Gasteiger partial charge < -0.3 is 14.2 Å². The quantitative estimate of drug-likeness (QED) is 0.118. The molecule has 0 aromatic rings. The first kappa shape index (κ1) is 25.1. The third kappa shape index (κ3) is 17.9. The average Bonchev–Trinajstić information content (AvgIpc) is 2.65. The van der Waals surface area contributed by atoms with E-state index in [-0.39, 0.29) is 12.6 Å². The summed E-state index contributed by atoms with van der Waals surface area (Å²) in [6, 6.07) is 0. The van der Waals surface area contributed by atoms with E-state index in [0.717, 1.165) is 12.8 Å².